The second-order valence-corrected chi connectivity index (χ2v) is 3.06. The van der Waals surface area contributed by atoms with Gasteiger partial charge >= 0.3 is 5.97 Å². The number of thioether (sulfide) groups is 1. The SMILES string of the molecule is NC1=CCC(C(=O)O)S1. The summed E-state index contributed by atoms with van der Waals surface area (Å²) in [4.78, 5) is 10.2. The van der Waals surface area contributed by atoms with Crippen molar-refractivity contribution in [1.29, 1.82) is 0 Å². The van der Waals surface area contributed by atoms with E-state index in [1.165, 1.54) is 11.8 Å². The van der Waals surface area contributed by atoms with Crippen LogP contribution < -0.4 is 5.73 Å². The van der Waals surface area contributed by atoms with Crippen molar-refractivity contribution in [2.75, 3.05) is 0 Å². The first-order valence-electron chi connectivity index (χ1n) is 2.55. The Labute approximate surface area is 56.9 Å². The van der Waals surface area contributed by atoms with Crippen molar-refractivity contribution in [2.24, 2.45) is 5.73 Å². The molecule has 0 saturated carbocycles. The molecule has 0 fully saturated rings. The molecule has 0 spiro atoms. The standard InChI is InChI=1S/C5H7NO2S/c6-4-2-1-3(9-4)5(7)8/h2-3H,1,6H2,(H,7,8). The molecule has 1 aliphatic rings. The third-order valence-electron chi connectivity index (χ3n) is 1.09. The summed E-state index contributed by atoms with van der Waals surface area (Å²) < 4.78 is 0. The quantitative estimate of drug-likeness (QED) is 0.559. The Morgan fingerprint density at radius 3 is 2.89 bits per heavy atom. The highest BCUT2D eigenvalue weighted by Gasteiger charge is 2.22. The number of hydrogen-bond donors (Lipinski definition) is 2. The van der Waals surface area contributed by atoms with Gasteiger partial charge in [-0.15, -0.1) is 0 Å². The van der Waals surface area contributed by atoms with Gasteiger partial charge in [0.2, 0.25) is 0 Å². The van der Waals surface area contributed by atoms with E-state index in [4.69, 9.17) is 10.8 Å². The molecule has 3 nitrogen and oxygen atoms in total. The molecule has 4 heteroatoms. The zero-order chi connectivity index (χ0) is 6.85. The fraction of sp³-hybridized carbons (Fsp3) is 0.400. The molecule has 0 bridgehead atoms. The molecule has 50 valence electrons. The second-order valence-electron chi connectivity index (χ2n) is 1.79. The van der Waals surface area contributed by atoms with Crippen LogP contribution in [0.5, 0.6) is 0 Å². The van der Waals surface area contributed by atoms with E-state index < -0.39 is 5.97 Å². The van der Waals surface area contributed by atoms with Gasteiger partial charge in [-0.05, 0) is 6.42 Å². The minimum Gasteiger partial charge on any atom is -0.480 e. The van der Waals surface area contributed by atoms with Crippen molar-refractivity contribution in [1.82, 2.24) is 0 Å². The highest BCUT2D eigenvalue weighted by molar-refractivity contribution is 8.04. The lowest BCUT2D eigenvalue weighted by molar-refractivity contribution is -0.136. The summed E-state index contributed by atoms with van der Waals surface area (Å²) in [6.45, 7) is 0. The number of rotatable bonds is 1. The van der Waals surface area contributed by atoms with Crippen LogP contribution >= 0.6 is 11.8 Å². The van der Waals surface area contributed by atoms with E-state index in [9.17, 15) is 4.79 Å². The summed E-state index contributed by atoms with van der Waals surface area (Å²) in [6.07, 6.45) is 2.30. The highest BCUT2D eigenvalue weighted by atomic mass is 32.2. The molecular weight excluding hydrogens is 138 g/mol. The monoisotopic (exact) mass is 145 g/mol. The maximum atomic E-state index is 10.2. The lowest BCUT2D eigenvalue weighted by atomic mass is 10.3. The van der Waals surface area contributed by atoms with Gasteiger partial charge in [-0.1, -0.05) is 17.8 Å². The Bertz CT molecular complexity index is 166. The summed E-state index contributed by atoms with van der Waals surface area (Å²) in [5, 5.41) is 8.71. The number of hydrogen-bond acceptors (Lipinski definition) is 3. The smallest absolute Gasteiger partial charge is 0.317 e. The van der Waals surface area contributed by atoms with Crippen molar-refractivity contribution in [3.63, 3.8) is 0 Å². The van der Waals surface area contributed by atoms with Crippen LogP contribution in [0.2, 0.25) is 0 Å². The predicted octanol–water partition coefficient (Wildman–Crippen LogP) is 0.377. The summed E-state index contributed by atoms with van der Waals surface area (Å²) >= 11 is 1.21. The molecule has 1 atom stereocenters. The first kappa shape index (κ1) is 6.48. The summed E-state index contributed by atoms with van der Waals surface area (Å²) in [5.41, 5.74) is 5.32. The molecule has 0 aromatic carbocycles. The van der Waals surface area contributed by atoms with Crippen LogP contribution in [0, 0.1) is 0 Å². The molecule has 0 aromatic rings. The minimum atomic E-state index is -0.781. The van der Waals surface area contributed by atoms with Crippen molar-refractivity contribution in [3.8, 4) is 0 Å². The molecule has 0 aromatic heterocycles. The average molecular weight is 145 g/mol. The molecule has 9 heavy (non-hydrogen) atoms. The van der Waals surface area contributed by atoms with E-state index in [1.807, 2.05) is 0 Å². The molecule has 1 heterocycles. The Morgan fingerprint density at radius 2 is 2.67 bits per heavy atom. The first-order valence-corrected chi connectivity index (χ1v) is 3.43. The average Bonchev–Trinajstić information content (AvgIpc) is 2.14. The van der Waals surface area contributed by atoms with Gasteiger partial charge in [0.15, 0.2) is 0 Å². The highest BCUT2D eigenvalue weighted by Crippen LogP contribution is 2.28. The van der Waals surface area contributed by atoms with Crippen LogP contribution in [0.1, 0.15) is 6.42 Å². The van der Waals surface area contributed by atoms with E-state index in [1.54, 1.807) is 6.08 Å². The zero-order valence-electron chi connectivity index (χ0n) is 4.70. The number of allylic oxidation sites excluding steroid dienone is 1. The summed E-state index contributed by atoms with van der Waals surface area (Å²) in [6, 6.07) is 0. The lowest BCUT2D eigenvalue weighted by Gasteiger charge is -1.98. The van der Waals surface area contributed by atoms with Gasteiger partial charge < -0.3 is 10.8 Å². The van der Waals surface area contributed by atoms with Gasteiger partial charge in [0, 0.05) is 0 Å². The normalized spacial score (nSPS) is 25.8. The Balaban J connectivity index is 2.47. The third kappa shape index (κ3) is 1.38. The van der Waals surface area contributed by atoms with Gasteiger partial charge in [-0.2, -0.15) is 0 Å². The number of carboxylic acid groups (broad SMARTS) is 1. The largest absolute Gasteiger partial charge is 0.480 e. The summed E-state index contributed by atoms with van der Waals surface area (Å²) in [5.74, 6) is -0.781. The minimum absolute atomic E-state index is 0.343. The maximum absolute atomic E-state index is 10.2. The molecular formula is C5H7NO2S. The van der Waals surface area contributed by atoms with Crippen LogP contribution in [-0.2, 0) is 4.79 Å². The molecule has 1 unspecified atom stereocenters. The zero-order valence-corrected chi connectivity index (χ0v) is 5.52. The number of nitrogens with two attached hydrogens (primary N) is 1. The Kier molecular flexibility index (Phi) is 1.66. The molecule has 0 aliphatic carbocycles. The molecule has 0 amide bonds. The fourth-order valence-corrected chi connectivity index (χ4v) is 1.45. The van der Waals surface area contributed by atoms with E-state index in [0.29, 0.717) is 11.4 Å². The lowest BCUT2D eigenvalue weighted by Crippen LogP contribution is -2.12. The molecule has 1 rings (SSSR count). The fourth-order valence-electron chi connectivity index (χ4n) is 0.635. The van der Waals surface area contributed by atoms with Crippen molar-refractivity contribution >= 4 is 17.7 Å². The van der Waals surface area contributed by atoms with E-state index in [-0.39, 0.29) is 5.25 Å². The van der Waals surface area contributed by atoms with E-state index >= 15 is 0 Å². The summed E-state index contributed by atoms with van der Waals surface area (Å²) in [7, 11) is 0. The molecule has 3 N–H and O–H groups in total. The van der Waals surface area contributed by atoms with Crippen LogP contribution in [0.3, 0.4) is 0 Å². The van der Waals surface area contributed by atoms with Crippen LogP contribution in [0.4, 0.5) is 0 Å². The van der Waals surface area contributed by atoms with E-state index in [2.05, 4.69) is 0 Å². The van der Waals surface area contributed by atoms with Gasteiger partial charge in [-0.3, -0.25) is 4.79 Å². The third-order valence-corrected chi connectivity index (χ3v) is 2.20. The van der Waals surface area contributed by atoms with Crippen LogP contribution in [0.15, 0.2) is 11.1 Å². The topological polar surface area (TPSA) is 63.3 Å². The first-order chi connectivity index (χ1) is 4.20. The van der Waals surface area contributed by atoms with E-state index in [0.717, 1.165) is 0 Å². The van der Waals surface area contributed by atoms with Crippen molar-refractivity contribution in [2.45, 2.75) is 11.7 Å². The number of carbonyl (C=O) groups is 1. The van der Waals surface area contributed by atoms with Crippen LogP contribution in [0.25, 0.3) is 0 Å². The maximum Gasteiger partial charge on any atom is 0.317 e. The Hall–Kier alpha value is -0.640. The second kappa shape index (κ2) is 2.31. The predicted molar refractivity (Wildman–Crippen MR) is 35.9 cm³/mol. The van der Waals surface area contributed by atoms with Gasteiger partial charge in [0.05, 0.1) is 5.03 Å². The van der Waals surface area contributed by atoms with Crippen molar-refractivity contribution < 1.29 is 9.90 Å². The number of carboxylic acids is 1. The molecule has 0 saturated heterocycles. The number of aliphatic carboxylic acids is 1. The Morgan fingerprint density at radius 1 is 2.00 bits per heavy atom. The van der Waals surface area contributed by atoms with Gasteiger partial charge in [-0.25, -0.2) is 0 Å². The van der Waals surface area contributed by atoms with Gasteiger partial charge in [0.25, 0.3) is 0 Å². The molecule has 1 aliphatic heterocycles. The van der Waals surface area contributed by atoms with Gasteiger partial charge in [0.1, 0.15) is 5.25 Å². The van der Waals surface area contributed by atoms with Crippen LogP contribution in [-0.4, -0.2) is 16.3 Å². The molecule has 0 radical (unpaired) electrons. The van der Waals surface area contributed by atoms with Crippen molar-refractivity contribution in [3.05, 3.63) is 11.1 Å².